The summed E-state index contributed by atoms with van der Waals surface area (Å²) in [5, 5.41) is 12.0. The summed E-state index contributed by atoms with van der Waals surface area (Å²) in [4.78, 5) is 27.9. The van der Waals surface area contributed by atoms with Crippen molar-refractivity contribution >= 4 is 40.2 Å². The first-order valence-corrected chi connectivity index (χ1v) is 10.7. The van der Waals surface area contributed by atoms with Crippen molar-refractivity contribution in [2.75, 3.05) is 11.1 Å². The van der Waals surface area contributed by atoms with Gasteiger partial charge in [0.25, 0.3) is 0 Å². The second-order valence-electron chi connectivity index (χ2n) is 7.70. The molecule has 25 heavy (non-hydrogen) atoms. The predicted octanol–water partition coefficient (Wildman–Crippen LogP) is 3.10. The molecule has 3 N–H and O–H groups in total. The van der Waals surface area contributed by atoms with Crippen LogP contribution in [0.1, 0.15) is 52.1 Å². The quantitative estimate of drug-likeness (QED) is 0.521. The van der Waals surface area contributed by atoms with Crippen LogP contribution in [0, 0.1) is 0 Å². The van der Waals surface area contributed by atoms with Crippen LogP contribution in [0.4, 0.5) is 9.93 Å². The summed E-state index contributed by atoms with van der Waals surface area (Å²) in [6.07, 6.45) is 3.40. The number of hydrogen-bond donors (Lipinski definition) is 3. The van der Waals surface area contributed by atoms with Crippen molar-refractivity contribution in [2.24, 2.45) is 0 Å². The van der Waals surface area contributed by atoms with Crippen molar-refractivity contribution in [3.8, 4) is 0 Å². The number of amides is 3. The summed E-state index contributed by atoms with van der Waals surface area (Å²) in [7, 11) is 0. The van der Waals surface area contributed by atoms with E-state index in [0.717, 1.165) is 30.7 Å². The van der Waals surface area contributed by atoms with E-state index in [1.54, 1.807) is 0 Å². The lowest BCUT2D eigenvalue weighted by Crippen LogP contribution is -2.36. The minimum atomic E-state index is -0.0437. The van der Waals surface area contributed by atoms with Crippen LogP contribution >= 0.6 is 23.1 Å². The molecule has 2 aliphatic rings. The molecule has 2 saturated heterocycles. The number of rotatable bonds is 6. The lowest BCUT2D eigenvalue weighted by molar-refractivity contribution is -0.116. The van der Waals surface area contributed by atoms with E-state index in [9.17, 15) is 9.59 Å². The maximum absolute atomic E-state index is 12.1. The Bertz CT molecular complexity index is 641. The minimum absolute atomic E-state index is 0.000794. The number of carbonyl (C=O) groups is 2. The maximum atomic E-state index is 12.1. The number of aromatic nitrogens is 1. The van der Waals surface area contributed by atoms with Crippen molar-refractivity contribution in [3.63, 3.8) is 0 Å². The van der Waals surface area contributed by atoms with Gasteiger partial charge in [-0.1, -0.05) is 27.2 Å². The number of unbranched alkanes of at least 4 members (excludes halogenated alkanes) is 1. The number of nitrogens with one attached hydrogen (secondary N) is 3. The highest BCUT2D eigenvalue weighted by Gasteiger charge is 2.42. The smallest absolute Gasteiger partial charge is 0.315 e. The van der Waals surface area contributed by atoms with Crippen molar-refractivity contribution in [3.05, 3.63) is 11.1 Å². The monoisotopic (exact) mass is 382 g/mol. The number of fused-ring (bicyclic) bond motifs is 1. The molecule has 0 spiro atoms. The Morgan fingerprint density at radius 2 is 2.16 bits per heavy atom. The molecule has 3 amide bonds. The van der Waals surface area contributed by atoms with Gasteiger partial charge >= 0.3 is 6.03 Å². The summed E-state index contributed by atoms with van der Waals surface area (Å²) in [6, 6.07) is 0.475. The molecule has 6 nitrogen and oxygen atoms in total. The summed E-state index contributed by atoms with van der Waals surface area (Å²) < 4.78 is 0. The number of thiazole rings is 1. The van der Waals surface area contributed by atoms with Gasteiger partial charge < -0.3 is 16.0 Å². The van der Waals surface area contributed by atoms with E-state index in [0.29, 0.717) is 16.8 Å². The van der Waals surface area contributed by atoms with Gasteiger partial charge in [-0.05, 0) is 12.8 Å². The molecule has 2 fully saturated rings. The highest BCUT2D eigenvalue weighted by molar-refractivity contribution is 8.00. The molecule has 1 aromatic rings. The van der Waals surface area contributed by atoms with E-state index in [-0.39, 0.29) is 29.4 Å². The van der Waals surface area contributed by atoms with E-state index in [4.69, 9.17) is 0 Å². The average molecular weight is 383 g/mol. The van der Waals surface area contributed by atoms with Gasteiger partial charge in [0.2, 0.25) is 5.91 Å². The number of thioether (sulfide) groups is 1. The molecule has 3 atom stereocenters. The molecule has 3 rings (SSSR count). The molecule has 3 heterocycles. The van der Waals surface area contributed by atoms with E-state index < -0.39 is 0 Å². The average Bonchev–Trinajstić information content (AvgIpc) is 3.19. The molecule has 8 heteroatoms. The van der Waals surface area contributed by atoms with Crippen LogP contribution in [0.2, 0.25) is 0 Å². The summed E-state index contributed by atoms with van der Waals surface area (Å²) in [6.45, 7) is 6.34. The third-order valence-electron chi connectivity index (χ3n) is 4.60. The number of carbonyl (C=O) groups excluding carboxylic acids is 2. The van der Waals surface area contributed by atoms with Gasteiger partial charge in [-0.3, -0.25) is 4.79 Å². The van der Waals surface area contributed by atoms with Crippen molar-refractivity contribution in [1.82, 2.24) is 15.6 Å². The fourth-order valence-electron chi connectivity index (χ4n) is 3.13. The van der Waals surface area contributed by atoms with Gasteiger partial charge in [-0.15, -0.1) is 11.3 Å². The van der Waals surface area contributed by atoms with Crippen LogP contribution in [-0.2, 0) is 10.2 Å². The molecule has 0 aliphatic carbocycles. The minimum Gasteiger partial charge on any atom is -0.332 e. The van der Waals surface area contributed by atoms with Gasteiger partial charge in [-0.25, -0.2) is 9.78 Å². The Morgan fingerprint density at radius 3 is 2.88 bits per heavy atom. The predicted molar refractivity (Wildman–Crippen MR) is 103 cm³/mol. The molecule has 0 bridgehead atoms. The van der Waals surface area contributed by atoms with Gasteiger partial charge in [0.05, 0.1) is 17.8 Å². The summed E-state index contributed by atoms with van der Waals surface area (Å²) >= 11 is 3.40. The molecular formula is C17H26N4O2S2. The van der Waals surface area contributed by atoms with Crippen LogP contribution < -0.4 is 16.0 Å². The SMILES string of the molecule is CC(C)(C)c1csc(NC(=O)CCCCC2SCC3NC(=O)NC32)n1. The Kier molecular flexibility index (Phi) is 5.58. The van der Waals surface area contributed by atoms with Crippen molar-refractivity contribution in [1.29, 1.82) is 0 Å². The van der Waals surface area contributed by atoms with E-state index in [1.807, 2.05) is 17.1 Å². The second kappa shape index (κ2) is 7.53. The van der Waals surface area contributed by atoms with Crippen LogP contribution in [0.5, 0.6) is 0 Å². The highest BCUT2D eigenvalue weighted by Crippen LogP contribution is 2.33. The number of hydrogen-bond acceptors (Lipinski definition) is 5. The van der Waals surface area contributed by atoms with Crippen molar-refractivity contribution in [2.45, 2.75) is 69.2 Å². The number of urea groups is 1. The summed E-state index contributed by atoms with van der Waals surface area (Å²) in [5.74, 6) is 1.01. The van der Waals surface area contributed by atoms with Crippen molar-refractivity contribution < 1.29 is 9.59 Å². The Labute approximate surface area is 156 Å². The molecule has 2 aliphatic heterocycles. The molecule has 138 valence electrons. The maximum Gasteiger partial charge on any atom is 0.315 e. The van der Waals surface area contributed by atoms with E-state index in [2.05, 4.69) is 41.7 Å². The fraction of sp³-hybridized carbons (Fsp3) is 0.706. The molecule has 1 aromatic heterocycles. The van der Waals surface area contributed by atoms with E-state index in [1.165, 1.54) is 11.3 Å². The number of nitrogens with zero attached hydrogens (tertiary/aromatic N) is 1. The summed E-state index contributed by atoms with van der Waals surface area (Å²) in [5.41, 5.74) is 1.01. The third kappa shape index (κ3) is 4.67. The van der Waals surface area contributed by atoms with Crippen LogP contribution in [-0.4, -0.2) is 40.0 Å². The first-order chi connectivity index (χ1) is 11.8. The largest absolute Gasteiger partial charge is 0.332 e. The Hall–Kier alpha value is -1.28. The lowest BCUT2D eigenvalue weighted by Gasteiger charge is -2.16. The van der Waals surface area contributed by atoms with Gasteiger partial charge in [0.1, 0.15) is 0 Å². The van der Waals surface area contributed by atoms with Gasteiger partial charge in [-0.2, -0.15) is 11.8 Å². The fourth-order valence-corrected chi connectivity index (χ4v) is 5.63. The van der Waals surface area contributed by atoms with E-state index >= 15 is 0 Å². The zero-order valence-corrected chi connectivity index (χ0v) is 16.6. The molecular weight excluding hydrogens is 356 g/mol. The zero-order valence-electron chi connectivity index (χ0n) is 14.9. The topological polar surface area (TPSA) is 83.1 Å². The van der Waals surface area contributed by atoms with Gasteiger partial charge in [0.15, 0.2) is 5.13 Å². The lowest BCUT2D eigenvalue weighted by atomic mass is 9.93. The Balaban J connectivity index is 1.36. The second-order valence-corrected chi connectivity index (χ2v) is 9.83. The molecule has 0 radical (unpaired) electrons. The molecule has 0 aromatic carbocycles. The number of anilines is 1. The van der Waals surface area contributed by atoms with Gasteiger partial charge in [0, 0.05) is 28.2 Å². The molecule has 3 unspecified atom stereocenters. The first-order valence-electron chi connectivity index (χ1n) is 8.77. The molecule has 0 saturated carbocycles. The third-order valence-corrected chi connectivity index (χ3v) is 6.87. The Morgan fingerprint density at radius 1 is 1.36 bits per heavy atom. The first kappa shape index (κ1) is 18.5. The standard InChI is InChI=1S/C17H26N4O2S2/c1-17(2,3)12-9-25-16(19-12)20-13(22)7-5-4-6-11-14-10(8-24-11)18-15(23)21-14/h9-11,14H,4-8H2,1-3H3,(H2,18,21,23)(H,19,20,22). The van der Waals surface area contributed by atoms with Crippen LogP contribution in [0.15, 0.2) is 5.38 Å². The highest BCUT2D eigenvalue weighted by atomic mass is 32.2. The van der Waals surface area contributed by atoms with Crippen LogP contribution in [0.25, 0.3) is 0 Å². The normalized spacial score (nSPS) is 25.4. The zero-order chi connectivity index (χ0) is 18.0. The van der Waals surface area contributed by atoms with Crippen LogP contribution in [0.3, 0.4) is 0 Å².